The summed E-state index contributed by atoms with van der Waals surface area (Å²) in [6.07, 6.45) is 4.83. The Bertz CT molecular complexity index is 813. The van der Waals surface area contributed by atoms with Crippen molar-refractivity contribution in [3.63, 3.8) is 0 Å². The molecular weight excluding hydrogens is 352 g/mol. The number of aryl methyl sites for hydroxylation is 2. The highest BCUT2D eigenvalue weighted by Gasteiger charge is 2.28. The first-order valence-corrected chi connectivity index (χ1v) is 10.1. The summed E-state index contributed by atoms with van der Waals surface area (Å²) in [5, 5.41) is 0. The smallest absolute Gasteiger partial charge is 0.338 e. The molecule has 0 saturated heterocycles. The molecule has 5 heteroatoms. The van der Waals surface area contributed by atoms with Crippen molar-refractivity contribution < 1.29 is 14.3 Å². The average Bonchev–Trinajstić information content (AvgIpc) is 3.05. The van der Waals surface area contributed by atoms with Crippen LogP contribution in [0.4, 0.5) is 0 Å². The quantitative estimate of drug-likeness (QED) is 0.719. The first-order chi connectivity index (χ1) is 13.4. The summed E-state index contributed by atoms with van der Waals surface area (Å²) in [6.45, 7) is 5.75. The molecule has 150 valence electrons. The zero-order chi connectivity index (χ0) is 20.3. The van der Waals surface area contributed by atoms with Crippen molar-refractivity contribution in [2.75, 3.05) is 7.05 Å². The second kappa shape index (κ2) is 8.63. The van der Waals surface area contributed by atoms with Crippen LogP contribution in [0.15, 0.2) is 36.4 Å². The first kappa shape index (κ1) is 20.2. The molecule has 0 unspecified atom stereocenters. The molecule has 3 rings (SSSR count). The zero-order valence-electron chi connectivity index (χ0n) is 17.3. The van der Waals surface area contributed by atoms with Gasteiger partial charge in [0.15, 0.2) is 6.10 Å². The third-order valence-corrected chi connectivity index (χ3v) is 5.73. The Morgan fingerprint density at radius 2 is 1.57 bits per heavy atom. The Balaban J connectivity index is 1.63. The van der Waals surface area contributed by atoms with E-state index in [-0.39, 0.29) is 11.9 Å². The summed E-state index contributed by atoms with van der Waals surface area (Å²) >= 11 is 0. The molecular formula is C23H30N2O3. The van der Waals surface area contributed by atoms with Crippen LogP contribution in [0.25, 0.3) is 5.69 Å². The van der Waals surface area contributed by atoms with Gasteiger partial charge in [0.05, 0.1) is 5.56 Å². The van der Waals surface area contributed by atoms with Crippen LogP contribution >= 0.6 is 0 Å². The number of benzene rings is 1. The number of likely N-dealkylation sites (N-methyl/N-ethyl adjacent to an activating group) is 1. The number of hydrogen-bond acceptors (Lipinski definition) is 3. The lowest BCUT2D eigenvalue weighted by molar-refractivity contribution is -0.141. The van der Waals surface area contributed by atoms with Gasteiger partial charge in [-0.3, -0.25) is 4.79 Å². The van der Waals surface area contributed by atoms with Crippen molar-refractivity contribution in [3.05, 3.63) is 53.3 Å². The van der Waals surface area contributed by atoms with E-state index in [4.69, 9.17) is 4.74 Å². The Morgan fingerprint density at radius 1 is 1.00 bits per heavy atom. The topological polar surface area (TPSA) is 51.5 Å². The molecule has 0 radical (unpaired) electrons. The van der Waals surface area contributed by atoms with E-state index in [1.165, 1.54) is 6.42 Å². The number of hydrogen-bond donors (Lipinski definition) is 0. The van der Waals surface area contributed by atoms with Gasteiger partial charge in [-0.1, -0.05) is 19.3 Å². The molecule has 1 atom stereocenters. The van der Waals surface area contributed by atoms with Crippen LogP contribution in [0.3, 0.4) is 0 Å². The number of nitrogens with zero attached hydrogens (tertiary/aromatic N) is 2. The maximum atomic E-state index is 12.6. The molecule has 28 heavy (non-hydrogen) atoms. The zero-order valence-corrected chi connectivity index (χ0v) is 17.3. The third kappa shape index (κ3) is 4.29. The minimum Gasteiger partial charge on any atom is -0.449 e. The van der Waals surface area contributed by atoms with E-state index in [1.807, 2.05) is 33.0 Å². The van der Waals surface area contributed by atoms with Crippen molar-refractivity contribution in [2.45, 2.75) is 65.0 Å². The number of aromatic nitrogens is 1. The monoisotopic (exact) mass is 382 g/mol. The predicted octanol–water partition coefficient (Wildman–Crippen LogP) is 4.43. The van der Waals surface area contributed by atoms with Gasteiger partial charge in [-0.15, -0.1) is 0 Å². The second-order valence-corrected chi connectivity index (χ2v) is 7.79. The largest absolute Gasteiger partial charge is 0.449 e. The summed E-state index contributed by atoms with van der Waals surface area (Å²) in [6, 6.07) is 11.7. The fourth-order valence-corrected chi connectivity index (χ4v) is 4.04. The van der Waals surface area contributed by atoms with Crippen LogP contribution in [0.2, 0.25) is 0 Å². The summed E-state index contributed by atoms with van der Waals surface area (Å²) in [7, 11) is 1.82. The molecule has 1 fully saturated rings. The second-order valence-electron chi connectivity index (χ2n) is 7.79. The first-order valence-electron chi connectivity index (χ1n) is 10.1. The number of amides is 1. The summed E-state index contributed by atoms with van der Waals surface area (Å²) in [4.78, 5) is 26.9. The lowest BCUT2D eigenvalue weighted by atomic mass is 9.94. The van der Waals surface area contributed by atoms with Crippen molar-refractivity contribution in [1.29, 1.82) is 0 Å². The minimum absolute atomic E-state index is 0.129. The number of carbonyl (C=O) groups excluding carboxylic acids is 2. The predicted molar refractivity (Wildman–Crippen MR) is 110 cm³/mol. The molecule has 0 N–H and O–H groups in total. The molecule has 1 amide bonds. The Morgan fingerprint density at radius 3 is 2.14 bits per heavy atom. The summed E-state index contributed by atoms with van der Waals surface area (Å²) < 4.78 is 7.58. The molecule has 5 nitrogen and oxygen atoms in total. The van der Waals surface area contributed by atoms with Crippen LogP contribution in [0, 0.1) is 13.8 Å². The van der Waals surface area contributed by atoms with Crippen LogP contribution in [-0.2, 0) is 9.53 Å². The van der Waals surface area contributed by atoms with E-state index in [1.54, 1.807) is 24.0 Å². The van der Waals surface area contributed by atoms with E-state index in [0.717, 1.165) is 42.8 Å². The normalized spacial score (nSPS) is 15.9. The van der Waals surface area contributed by atoms with E-state index in [2.05, 4.69) is 16.7 Å². The van der Waals surface area contributed by atoms with E-state index in [0.29, 0.717) is 5.56 Å². The standard InChI is InChI=1S/C23H30N2O3/c1-16-10-11-17(2)25(16)21-14-12-19(13-15-21)23(27)28-18(3)22(26)24(4)20-8-6-5-7-9-20/h10-15,18,20H,5-9H2,1-4H3/t18-/m0/s1. The molecule has 1 aromatic carbocycles. The molecule has 1 aromatic heterocycles. The highest BCUT2D eigenvalue weighted by Crippen LogP contribution is 2.23. The van der Waals surface area contributed by atoms with Crippen molar-refractivity contribution in [3.8, 4) is 5.69 Å². The number of carbonyl (C=O) groups is 2. The highest BCUT2D eigenvalue weighted by atomic mass is 16.5. The van der Waals surface area contributed by atoms with Crippen molar-refractivity contribution in [2.24, 2.45) is 0 Å². The van der Waals surface area contributed by atoms with Gasteiger partial charge in [0.1, 0.15) is 0 Å². The van der Waals surface area contributed by atoms with Gasteiger partial charge in [-0.25, -0.2) is 4.79 Å². The van der Waals surface area contributed by atoms with Gasteiger partial charge in [0.2, 0.25) is 0 Å². The third-order valence-electron chi connectivity index (χ3n) is 5.73. The summed E-state index contributed by atoms with van der Waals surface area (Å²) in [5.41, 5.74) is 3.72. The van der Waals surface area contributed by atoms with Crippen LogP contribution in [-0.4, -0.2) is 40.5 Å². The van der Waals surface area contributed by atoms with Gasteiger partial charge in [-0.2, -0.15) is 0 Å². The fourth-order valence-electron chi connectivity index (χ4n) is 4.04. The number of rotatable bonds is 5. The van der Waals surface area contributed by atoms with Gasteiger partial charge in [-0.05, 0) is 70.0 Å². The Kier molecular flexibility index (Phi) is 6.22. The highest BCUT2D eigenvalue weighted by molar-refractivity contribution is 5.92. The molecule has 0 aliphatic heterocycles. The van der Waals surface area contributed by atoms with E-state index in [9.17, 15) is 9.59 Å². The molecule has 0 bridgehead atoms. The Labute approximate surface area is 167 Å². The minimum atomic E-state index is -0.784. The molecule has 1 aliphatic carbocycles. The molecule has 0 spiro atoms. The van der Waals surface area contributed by atoms with Gasteiger partial charge >= 0.3 is 5.97 Å². The number of ether oxygens (including phenoxy) is 1. The molecule has 1 aliphatic rings. The van der Waals surface area contributed by atoms with Gasteiger partial charge in [0, 0.05) is 30.2 Å². The maximum Gasteiger partial charge on any atom is 0.338 e. The lowest BCUT2D eigenvalue weighted by Gasteiger charge is -2.32. The van der Waals surface area contributed by atoms with Gasteiger partial charge < -0.3 is 14.2 Å². The van der Waals surface area contributed by atoms with Crippen molar-refractivity contribution >= 4 is 11.9 Å². The van der Waals surface area contributed by atoms with Crippen LogP contribution in [0.5, 0.6) is 0 Å². The average molecular weight is 383 g/mol. The van der Waals surface area contributed by atoms with Crippen LogP contribution < -0.4 is 0 Å². The molecule has 1 saturated carbocycles. The lowest BCUT2D eigenvalue weighted by Crippen LogP contribution is -2.44. The number of esters is 1. The van der Waals surface area contributed by atoms with E-state index < -0.39 is 12.1 Å². The maximum absolute atomic E-state index is 12.6. The van der Waals surface area contributed by atoms with Crippen LogP contribution in [0.1, 0.15) is 60.8 Å². The molecule has 2 aromatic rings. The Hall–Kier alpha value is -2.56. The SMILES string of the molecule is Cc1ccc(C)n1-c1ccc(C(=O)O[C@@H](C)C(=O)N(C)C2CCCCC2)cc1. The van der Waals surface area contributed by atoms with Gasteiger partial charge in [0.25, 0.3) is 5.91 Å². The summed E-state index contributed by atoms with van der Waals surface area (Å²) in [5.74, 6) is -0.596. The van der Waals surface area contributed by atoms with E-state index >= 15 is 0 Å². The fraction of sp³-hybridized carbons (Fsp3) is 0.478. The molecule has 1 heterocycles. The van der Waals surface area contributed by atoms with Crippen molar-refractivity contribution in [1.82, 2.24) is 9.47 Å².